The molecule has 3 fully saturated rings. The van der Waals surface area contributed by atoms with E-state index in [2.05, 4.69) is 4.90 Å². The van der Waals surface area contributed by atoms with Crippen molar-refractivity contribution < 1.29 is 29.3 Å². The summed E-state index contributed by atoms with van der Waals surface area (Å²) in [4.78, 5) is 27.0. The number of hydrogen-bond donors (Lipinski definition) is 2. The molecule has 6 atom stereocenters. The van der Waals surface area contributed by atoms with Gasteiger partial charge in [-0.25, -0.2) is 4.79 Å². The van der Waals surface area contributed by atoms with E-state index in [0.717, 1.165) is 25.9 Å². The Bertz CT molecular complexity index is 517. The van der Waals surface area contributed by atoms with E-state index in [1.165, 1.54) is 20.8 Å². The van der Waals surface area contributed by atoms with E-state index in [-0.39, 0.29) is 24.7 Å². The Morgan fingerprint density at radius 1 is 1.17 bits per heavy atom. The van der Waals surface area contributed by atoms with Crippen molar-refractivity contribution in [3.8, 4) is 0 Å². The highest BCUT2D eigenvalue weighted by molar-refractivity contribution is 5.83. The molecule has 3 rings (SSSR count). The summed E-state index contributed by atoms with van der Waals surface area (Å²) in [5.74, 6) is -2.48. The first-order valence-corrected chi connectivity index (χ1v) is 8.22. The Balaban J connectivity index is 1.94. The number of cyclic esters (lactones) is 1. The molecule has 0 aromatic rings. The van der Waals surface area contributed by atoms with Gasteiger partial charge in [-0.1, -0.05) is 0 Å². The first-order valence-electron chi connectivity index (χ1n) is 8.22. The molecule has 130 valence electrons. The molecule has 2 N–H and O–H groups in total. The van der Waals surface area contributed by atoms with E-state index in [4.69, 9.17) is 9.47 Å². The van der Waals surface area contributed by atoms with E-state index in [1.54, 1.807) is 0 Å². The maximum absolute atomic E-state index is 12.5. The van der Waals surface area contributed by atoms with E-state index in [9.17, 15) is 19.8 Å². The minimum Gasteiger partial charge on any atom is -0.463 e. The smallest absolute Gasteiger partial charge is 0.340 e. The number of aliphatic hydroxyl groups is 2. The molecule has 3 heterocycles. The fourth-order valence-corrected chi connectivity index (χ4v) is 3.96. The summed E-state index contributed by atoms with van der Waals surface area (Å²) in [5, 5.41) is 21.1. The van der Waals surface area contributed by atoms with Crippen LogP contribution in [0.5, 0.6) is 0 Å². The van der Waals surface area contributed by atoms with Crippen LogP contribution in [-0.2, 0) is 19.1 Å². The van der Waals surface area contributed by atoms with Crippen molar-refractivity contribution in [2.24, 2.45) is 11.8 Å². The Morgan fingerprint density at radius 3 is 2.52 bits per heavy atom. The van der Waals surface area contributed by atoms with Gasteiger partial charge in [0.05, 0.1) is 18.6 Å². The molecular weight excluding hydrogens is 302 g/mol. The number of esters is 2. The van der Waals surface area contributed by atoms with E-state index < -0.39 is 29.1 Å². The lowest BCUT2D eigenvalue weighted by Gasteiger charge is -2.39. The van der Waals surface area contributed by atoms with Crippen LogP contribution in [0.2, 0.25) is 0 Å². The molecular formula is C16H25NO6. The molecule has 0 bridgehead atoms. The van der Waals surface area contributed by atoms with Crippen LogP contribution in [-0.4, -0.2) is 70.1 Å². The Hall–Kier alpha value is -1.18. The van der Waals surface area contributed by atoms with Crippen molar-refractivity contribution in [1.82, 2.24) is 4.90 Å². The fraction of sp³-hybridized carbons (Fsp3) is 0.875. The molecule has 0 aromatic heterocycles. The third-order valence-corrected chi connectivity index (χ3v) is 6.05. The standard InChI is InChI=1S/C16H25NO6/c1-9-13(18)23-11-5-7-17-6-4-10(12(11)17)8-22-14(19)16(3,21)15(9,2)20/h9-12,20-21H,4-8H2,1-3H3/t9-,10+,11+,12-,15-,16-/m1/s1. The van der Waals surface area contributed by atoms with Gasteiger partial charge in [0.2, 0.25) is 0 Å². The number of carbonyl (C=O) groups is 2. The second-order valence-corrected chi connectivity index (χ2v) is 7.38. The van der Waals surface area contributed by atoms with Gasteiger partial charge in [-0.2, -0.15) is 0 Å². The monoisotopic (exact) mass is 327 g/mol. The van der Waals surface area contributed by atoms with Crippen LogP contribution in [0, 0.1) is 11.8 Å². The Kier molecular flexibility index (Phi) is 3.93. The second-order valence-electron chi connectivity index (χ2n) is 7.38. The molecule has 0 spiro atoms. The average Bonchev–Trinajstić information content (AvgIpc) is 3.06. The van der Waals surface area contributed by atoms with Crippen molar-refractivity contribution in [1.29, 1.82) is 0 Å². The number of carbonyl (C=O) groups excluding carboxylic acids is 2. The molecule has 3 aliphatic heterocycles. The predicted octanol–water partition coefficient (Wildman–Crippen LogP) is -0.313. The maximum Gasteiger partial charge on any atom is 0.340 e. The van der Waals surface area contributed by atoms with Gasteiger partial charge in [-0.05, 0) is 40.2 Å². The summed E-state index contributed by atoms with van der Waals surface area (Å²) >= 11 is 0. The first-order chi connectivity index (χ1) is 10.7. The summed E-state index contributed by atoms with van der Waals surface area (Å²) in [5.41, 5.74) is -4.18. The zero-order chi connectivity index (χ0) is 17.0. The molecule has 0 aromatic carbocycles. The SMILES string of the molecule is C[C@@H]1C(=O)O[C@H]2CCN3CC[C@@H](COC(=O)[C@@](C)(O)[C@]1(C)O)[C@H]23. The van der Waals surface area contributed by atoms with Crippen LogP contribution >= 0.6 is 0 Å². The summed E-state index contributed by atoms with van der Waals surface area (Å²) in [6, 6.07) is 0.0481. The number of ether oxygens (including phenoxy) is 2. The van der Waals surface area contributed by atoms with Crippen LogP contribution in [0.3, 0.4) is 0 Å². The van der Waals surface area contributed by atoms with Gasteiger partial charge in [-0.3, -0.25) is 9.69 Å². The highest BCUT2D eigenvalue weighted by Gasteiger charge is 2.57. The summed E-state index contributed by atoms with van der Waals surface area (Å²) in [6.45, 7) is 5.81. The molecule has 23 heavy (non-hydrogen) atoms. The zero-order valence-electron chi connectivity index (χ0n) is 13.8. The van der Waals surface area contributed by atoms with Gasteiger partial charge in [0, 0.05) is 12.5 Å². The zero-order valence-corrected chi connectivity index (χ0v) is 13.8. The van der Waals surface area contributed by atoms with Gasteiger partial charge in [0.1, 0.15) is 11.7 Å². The van der Waals surface area contributed by atoms with Crippen molar-refractivity contribution in [2.45, 2.75) is 57.0 Å². The van der Waals surface area contributed by atoms with Crippen molar-refractivity contribution >= 4 is 11.9 Å². The average molecular weight is 327 g/mol. The van der Waals surface area contributed by atoms with Crippen LogP contribution in [0.25, 0.3) is 0 Å². The number of rotatable bonds is 0. The van der Waals surface area contributed by atoms with E-state index in [1.807, 2.05) is 0 Å². The molecule has 0 unspecified atom stereocenters. The minimum absolute atomic E-state index is 0.0481. The third-order valence-electron chi connectivity index (χ3n) is 6.05. The molecule has 7 heteroatoms. The van der Waals surface area contributed by atoms with Crippen LogP contribution in [0.1, 0.15) is 33.6 Å². The van der Waals surface area contributed by atoms with Gasteiger partial charge >= 0.3 is 11.9 Å². The van der Waals surface area contributed by atoms with Crippen molar-refractivity contribution in [3.05, 3.63) is 0 Å². The van der Waals surface area contributed by atoms with Crippen LogP contribution in [0.15, 0.2) is 0 Å². The first kappa shape index (κ1) is 16.7. The van der Waals surface area contributed by atoms with Crippen LogP contribution < -0.4 is 0 Å². The second kappa shape index (κ2) is 5.43. The highest BCUT2D eigenvalue weighted by Crippen LogP contribution is 2.38. The molecule has 0 saturated carbocycles. The van der Waals surface area contributed by atoms with E-state index in [0.29, 0.717) is 0 Å². The maximum atomic E-state index is 12.5. The lowest BCUT2D eigenvalue weighted by molar-refractivity contribution is -0.205. The summed E-state index contributed by atoms with van der Waals surface area (Å²) in [7, 11) is 0. The molecule has 3 aliphatic rings. The van der Waals surface area contributed by atoms with Crippen molar-refractivity contribution in [3.63, 3.8) is 0 Å². The third kappa shape index (κ3) is 2.45. The molecule has 7 nitrogen and oxygen atoms in total. The van der Waals surface area contributed by atoms with Crippen LogP contribution in [0.4, 0.5) is 0 Å². The summed E-state index contributed by atoms with van der Waals surface area (Å²) in [6.07, 6.45) is 1.35. The fourth-order valence-electron chi connectivity index (χ4n) is 3.96. The van der Waals surface area contributed by atoms with Gasteiger partial charge < -0.3 is 19.7 Å². The quantitative estimate of drug-likeness (QED) is 0.589. The molecule has 3 saturated heterocycles. The van der Waals surface area contributed by atoms with Gasteiger partial charge in [-0.15, -0.1) is 0 Å². The normalized spacial score (nSPS) is 48.4. The number of hydrogen-bond acceptors (Lipinski definition) is 7. The van der Waals surface area contributed by atoms with Crippen molar-refractivity contribution in [2.75, 3.05) is 19.7 Å². The Labute approximate surface area is 135 Å². The molecule has 0 amide bonds. The molecule has 0 radical (unpaired) electrons. The molecule has 0 aliphatic carbocycles. The predicted molar refractivity (Wildman–Crippen MR) is 79.3 cm³/mol. The lowest BCUT2D eigenvalue weighted by atomic mass is 9.76. The van der Waals surface area contributed by atoms with Gasteiger partial charge in [0.15, 0.2) is 5.60 Å². The largest absolute Gasteiger partial charge is 0.463 e. The van der Waals surface area contributed by atoms with E-state index >= 15 is 0 Å². The minimum atomic E-state index is -2.19. The number of nitrogens with zero attached hydrogens (tertiary/aromatic N) is 1. The Morgan fingerprint density at radius 2 is 1.83 bits per heavy atom. The highest BCUT2D eigenvalue weighted by atomic mass is 16.6. The summed E-state index contributed by atoms with van der Waals surface area (Å²) < 4.78 is 10.9. The lowest BCUT2D eigenvalue weighted by Crippen LogP contribution is -2.61. The topological polar surface area (TPSA) is 96.3 Å². The van der Waals surface area contributed by atoms with Gasteiger partial charge in [0.25, 0.3) is 0 Å².